The molecule has 1 amide bonds. The van der Waals surface area contributed by atoms with Crippen LogP contribution in [0, 0.1) is 12.7 Å². The van der Waals surface area contributed by atoms with Crippen molar-refractivity contribution in [2.75, 3.05) is 5.32 Å². The van der Waals surface area contributed by atoms with Gasteiger partial charge in [0.2, 0.25) is 0 Å². The molecule has 6 nitrogen and oxygen atoms in total. The first-order valence-electron chi connectivity index (χ1n) is 10.5. The molecule has 3 heterocycles. The molecule has 1 atom stereocenters. The maximum Gasteiger partial charge on any atom is 0.257 e. The molecule has 5 rings (SSSR count). The molecular weight excluding hydrogens is 425 g/mol. The van der Waals surface area contributed by atoms with Crippen molar-refractivity contribution >= 4 is 22.4 Å². The van der Waals surface area contributed by atoms with Gasteiger partial charge in [-0.25, -0.2) is 9.37 Å². The minimum atomic E-state index is -0.236. The predicted molar refractivity (Wildman–Crippen MR) is 122 cm³/mol. The van der Waals surface area contributed by atoms with Gasteiger partial charge in [0.25, 0.3) is 5.91 Å². The van der Waals surface area contributed by atoms with E-state index in [9.17, 15) is 9.18 Å². The second-order valence-corrected chi connectivity index (χ2v) is 9.10. The minimum absolute atomic E-state index is 0.199. The van der Waals surface area contributed by atoms with E-state index in [4.69, 9.17) is 0 Å². The Kier molecular flexibility index (Phi) is 5.53. The van der Waals surface area contributed by atoms with Crippen LogP contribution in [0.2, 0.25) is 0 Å². The number of hydrogen-bond donors (Lipinski definition) is 1. The molecule has 1 aliphatic rings. The number of anilines is 1. The van der Waals surface area contributed by atoms with Crippen LogP contribution in [-0.4, -0.2) is 25.7 Å². The van der Waals surface area contributed by atoms with Gasteiger partial charge in [0.05, 0.1) is 0 Å². The summed E-state index contributed by atoms with van der Waals surface area (Å²) in [7, 11) is 0. The lowest BCUT2D eigenvalue weighted by Gasteiger charge is -2.24. The number of carbonyl (C=O) groups is 1. The molecule has 0 bridgehead atoms. The van der Waals surface area contributed by atoms with E-state index in [-0.39, 0.29) is 11.7 Å². The van der Waals surface area contributed by atoms with Gasteiger partial charge in [-0.15, -0.1) is 21.5 Å². The summed E-state index contributed by atoms with van der Waals surface area (Å²) < 4.78 is 16.1. The number of carbonyl (C=O) groups excluding carboxylic acids is 1. The van der Waals surface area contributed by atoms with E-state index in [1.807, 2.05) is 31.2 Å². The summed E-state index contributed by atoms with van der Waals surface area (Å²) in [4.78, 5) is 18.0. The number of hydrogen-bond acceptors (Lipinski definition) is 5. The predicted octanol–water partition coefficient (Wildman–Crippen LogP) is 4.76. The molecule has 0 unspecified atom stereocenters. The molecule has 162 valence electrons. The lowest BCUT2D eigenvalue weighted by atomic mass is 9.90. The Hall–Kier alpha value is -3.39. The molecule has 0 spiro atoms. The number of fused-ring (bicyclic) bond motifs is 1. The highest BCUT2D eigenvalue weighted by molar-refractivity contribution is 7.15. The molecule has 2 aromatic carbocycles. The number of benzene rings is 2. The Balaban J connectivity index is 1.27. The Labute approximate surface area is 189 Å². The number of halogens is 1. The van der Waals surface area contributed by atoms with Crippen molar-refractivity contribution in [3.63, 3.8) is 0 Å². The number of nitrogens with one attached hydrogen (secondary N) is 1. The third kappa shape index (κ3) is 4.18. The number of rotatable bonds is 5. The van der Waals surface area contributed by atoms with Crippen LogP contribution in [0.15, 0.2) is 54.7 Å². The van der Waals surface area contributed by atoms with Crippen molar-refractivity contribution in [3.8, 4) is 0 Å². The van der Waals surface area contributed by atoms with Crippen molar-refractivity contribution in [2.45, 2.75) is 38.6 Å². The zero-order valence-electron chi connectivity index (χ0n) is 17.6. The number of aromatic nitrogens is 4. The van der Waals surface area contributed by atoms with Gasteiger partial charge < -0.3 is 4.57 Å². The molecule has 4 aromatic rings. The normalized spacial score (nSPS) is 15.4. The standard InChI is InChI=1S/C24H22FN5OS/c1-15-28-29-22-10-9-19(14-30(15)22)16-6-4-7-18(11-16)23(31)27-24-26-13-20(32-24)12-17-5-2-3-8-21(17)25/h2-8,11,13,19H,9-10,12,14H2,1H3,(H,26,27,31)/t19-/m1/s1. The Bertz CT molecular complexity index is 1280. The lowest BCUT2D eigenvalue weighted by Crippen LogP contribution is -2.20. The second-order valence-electron chi connectivity index (χ2n) is 7.99. The molecule has 32 heavy (non-hydrogen) atoms. The molecule has 1 aliphatic heterocycles. The molecular formula is C24H22FN5OS. The Morgan fingerprint density at radius 1 is 1.22 bits per heavy atom. The lowest BCUT2D eigenvalue weighted by molar-refractivity contribution is 0.102. The fourth-order valence-electron chi connectivity index (χ4n) is 4.11. The maximum absolute atomic E-state index is 13.9. The van der Waals surface area contributed by atoms with Crippen LogP contribution in [0.5, 0.6) is 0 Å². The summed E-state index contributed by atoms with van der Waals surface area (Å²) in [5.41, 5.74) is 2.34. The minimum Gasteiger partial charge on any atom is -0.315 e. The Morgan fingerprint density at radius 3 is 2.97 bits per heavy atom. The van der Waals surface area contributed by atoms with Crippen molar-refractivity contribution in [1.29, 1.82) is 0 Å². The molecule has 8 heteroatoms. The summed E-state index contributed by atoms with van der Waals surface area (Å²) >= 11 is 1.36. The zero-order valence-corrected chi connectivity index (χ0v) is 18.4. The molecule has 0 aliphatic carbocycles. The van der Waals surface area contributed by atoms with E-state index in [0.29, 0.717) is 28.6 Å². The fourth-order valence-corrected chi connectivity index (χ4v) is 4.94. The molecule has 0 radical (unpaired) electrons. The number of aryl methyl sites for hydroxylation is 2. The summed E-state index contributed by atoms with van der Waals surface area (Å²) in [5.74, 6) is 1.84. The van der Waals surface area contributed by atoms with E-state index in [1.54, 1.807) is 18.3 Å². The highest BCUT2D eigenvalue weighted by Crippen LogP contribution is 2.30. The van der Waals surface area contributed by atoms with Crippen molar-refractivity contribution < 1.29 is 9.18 Å². The highest BCUT2D eigenvalue weighted by Gasteiger charge is 2.23. The van der Waals surface area contributed by atoms with E-state index in [0.717, 1.165) is 41.5 Å². The number of thiazole rings is 1. The van der Waals surface area contributed by atoms with Crippen molar-refractivity contribution in [1.82, 2.24) is 19.7 Å². The van der Waals surface area contributed by atoms with Crippen LogP contribution >= 0.6 is 11.3 Å². The molecule has 0 fully saturated rings. The smallest absolute Gasteiger partial charge is 0.257 e. The SMILES string of the molecule is Cc1nnc2n1C[C@H](c1cccc(C(=O)Nc3ncc(Cc4ccccc4F)s3)c1)CC2. The summed E-state index contributed by atoms with van der Waals surface area (Å²) in [6.07, 6.45) is 3.99. The number of nitrogens with zero attached hydrogens (tertiary/aromatic N) is 4. The summed E-state index contributed by atoms with van der Waals surface area (Å²) in [6, 6.07) is 14.5. The molecule has 2 aromatic heterocycles. The van der Waals surface area contributed by atoms with Crippen LogP contribution in [0.3, 0.4) is 0 Å². The average molecular weight is 448 g/mol. The van der Waals surface area contributed by atoms with Gasteiger partial charge in [-0.05, 0) is 42.7 Å². The maximum atomic E-state index is 13.9. The van der Waals surface area contributed by atoms with E-state index in [2.05, 4.69) is 31.1 Å². The first kappa shape index (κ1) is 20.5. The molecule has 0 saturated heterocycles. The third-order valence-corrected chi connectivity index (χ3v) is 6.76. The van der Waals surface area contributed by atoms with Crippen LogP contribution in [0.25, 0.3) is 0 Å². The van der Waals surface area contributed by atoms with Gasteiger partial charge in [-0.3, -0.25) is 10.1 Å². The fraction of sp³-hybridized carbons (Fsp3) is 0.250. The van der Waals surface area contributed by atoms with Crippen LogP contribution in [0.4, 0.5) is 9.52 Å². The monoisotopic (exact) mass is 447 g/mol. The first-order chi connectivity index (χ1) is 15.6. The van der Waals surface area contributed by atoms with Crippen molar-refractivity contribution in [3.05, 3.63) is 93.8 Å². The average Bonchev–Trinajstić information content (AvgIpc) is 3.41. The van der Waals surface area contributed by atoms with Gasteiger partial charge in [-0.2, -0.15) is 0 Å². The van der Waals surface area contributed by atoms with Gasteiger partial charge in [0.1, 0.15) is 17.5 Å². The van der Waals surface area contributed by atoms with Gasteiger partial charge >= 0.3 is 0 Å². The van der Waals surface area contributed by atoms with Gasteiger partial charge in [0, 0.05) is 41.9 Å². The van der Waals surface area contributed by atoms with Crippen LogP contribution < -0.4 is 5.32 Å². The van der Waals surface area contributed by atoms with E-state index >= 15 is 0 Å². The van der Waals surface area contributed by atoms with Gasteiger partial charge in [0.15, 0.2) is 5.13 Å². The first-order valence-corrected chi connectivity index (χ1v) is 11.4. The molecule has 0 saturated carbocycles. The second kappa shape index (κ2) is 8.63. The summed E-state index contributed by atoms with van der Waals surface area (Å²) in [6.45, 7) is 2.79. The topological polar surface area (TPSA) is 72.7 Å². The summed E-state index contributed by atoms with van der Waals surface area (Å²) in [5, 5.41) is 11.8. The van der Waals surface area contributed by atoms with Crippen LogP contribution in [0.1, 0.15) is 50.3 Å². The third-order valence-electron chi connectivity index (χ3n) is 5.85. The number of amides is 1. The van der Waals surface area contributed by atoms with E-state index < -0.39 is 0 Å². The Morgan fingerprint density at radius 2 is 2.09 bits per heavy atom. The quantitative estimate of drug-likeness (QED) is 0.479. The highest BCUT2D eigenvalue weighted by atomic mass is 32.1. The van der Waals surface area contributed by atoms with E-state index in [1.165, 1.54) is 17.4 Å². The largest absolute Gasteiger partial charge is 0.315 e. The van der Waals surface area contributed by atoms with Crippen molar-refractivity contribution in [2.24, 2.45) is 0 Å². The zero-order chi connectivity index (χ0) is 22.1. The molecule has 1 N–H and O–H groups in total. The van der Waals surface area contributed by atoms with Gasteiger partial charge in [-0.1, -0.05) is 30.3 Å². The van der Waals surface area contributed by atoms with Crippen LogP contribution in [-0.2, 0) is 19.4 Å².